The largest absolute Gasteiger partial charge is 2.00 e. The van der Waals surface area contributed by atoms with Crippen LogP contribution in [0.5, 0.6) is 0 Å². The van der Waals surface area contributed by atoms with Gasteiger partial charge in [0.25, 0.3) is 0 Å². The first-order valence-electron chi connectivity index (χ1n) is 0.993. The maximum Gasteiger partial charge on any atom is 2.00 e. The molecule has 0 aliphatic rings. The van der Waals surface area contributed by atoms with Crippen LogP contribution in [0.15, 0.2) is 0 Å². The molecule has 0 aliphatic carbocycles. The second-order valence-electron chi connectivity index (χ2n) is 0.611. The first-order chi connectivity index (χ1) is 1.73. The minimum absolute atomic E-state index is 0. The molecule has 0 spiro atoms. The number of hydrogen-bond acceptors (Lipinski definition) is 1. The number of carbonyl (C=O) groups is 1. The summed E-state index contributed by atoms with van der Waals surface area (Å²) in [6, 6.07) is 0. The van der Waals surface area contributed by atoms with Crippen LogP contribution < -0.4 is 5.73 Å². The van der Waals surface area contributed by atoms with E-state index in [-0.39, 0.29) is 23.0 Å². The van der Waals surface area contributed by atoms with Gasteiger partial charge in [-0.1, -0.05) is 0 Å². The van der Waals surface area contributed by atoms with Crippen molar-refractivity contribution in [1.82, 2.24) is 0 Å². The number of carbonyl (C=O) groups excluding carboxylic acids is 1. The minimum Gasteiger partial charge on any atom is -0.370 e. The monoisotopic (exact) mass is 122 g/mol. The Morgan fingerprint density at radius 2 is 1.80 bits per heavy atom. The van der Waals surface area contributed by atoms with Crippen molar-refractivity contribution in [3.63, 3.8) is 0 Å². The van der Waals surface area contributed by atoms with Gasteiger partial charge < -0.3 is 5.73 Å². The zero-order valence-corrected chi connectivity index (χ0v) is 3.73. The molecule has 0 saturated heterocycles. The summed E-state index contributed by atoms with van der Waals surface area (Å²) in [5.41, 5.74) is 4.47. The van der Waals surface area contributed by atoms with Crippen molar-refractivity contribution in [3.8, 4) is 0 Å². The Labute approximate surface area is 41.2 Å². The molecule has 0 aromatic rings. The topological polar surface area (TPSA) is 43.1 Å². The Morgan fingerprint density at radius 3 is 1.80 bits per heavy atom. The summed E-state index contributed by atoms with van der Waals surface area (Å²) in [6.45, 7) is 1.31. The molecule has 0 fully saturated rings. The zero-order chi connectivity index (χ0) is 3.58. The van der Waals surface area contributed by atoms with Crippen molar-refractivity contribution in [3.05, 3.63) is 0 Å². The van der Waals surface area contributed by atoms with Crippen LogP contribution in [0, 0.1) is 0 Å². The molecule has 2 nitrogen and oxygen atoms in total. The van der Waals surface area contributed by atoms with Crippen LogP contribution in [0.1, 0.15) is 6.92 Å². The van der Waals surface area contributed by atoms with Crippen LogP contribution in [-0.2, 0) is 21.9 Å². The van der Waals surface area contributed by atoms with Crippen LogP contribution >= 0.6 is 0 Å². The van der Waals surface area contributed by atoms with Gasteiger partial charge in [0.1, 0.15) is 0 Å². The molecule has 0 aliphatic heterocycles. The quantitative estimate of drug-likeness (QED) is 0.432. The fraction of sp³-hybridized carbons (Fsp3) is 0.500. The van der Waals surface area contributed by atoms with E-state index in [2.05, 4.69) is 5.73 Å². The third kappa shape index (κ3) is 143000. The number of hydrogen-bond donors (Lipinski definition) is 1. The smallest absolute Gasteiger partial charge is 0.370 e. The van der Waals surface area contributed by atoms with Gasteiger partial charge in [-0.3, -0.25) is 4.79 Å². The molecule has 1 amide bonds. The summed E-state index contributed by atoms with van der Waals surface area (Å²) in [7, 11) is 0. The van der Waals surface area contributed by atoms with E-state index in [4.69, 9.17) is 0 Å². The van der Waals surface area contributed by atoms with Gasteiger partial charge in [-0.25, -0.2) is 0 Å². The molecule has 5 heavy (non-hydrogen) atoms. The summed E-state index contributed by atoms with van der Waals surface area (Å²) in [5.74, 6) is -0.333. The maximum absolute atomic E-state index is 9.22. The van der Waals surface area contributed by atoms with Gasteiger partial charge >= 0.3 is 17.1 Å². The van der Waals surface area contributed by atoms with Crippen molar-refractivity contribution < 1.29 is 21.9 Å². The standard InChI is InChI=1S/C2H5NO.Cu/c1-2(3)4;/h1H3,(H2,3,4);/q;+2. The fourth-order valence-corrected chi connectivity index (χ4v) is 0. The second-order valence-corrected chi connectivity index (χ2v) is 0.611. The molecule has 0 rings (SSSR count). The Morgan fingerprint density at radius 1 is 1.80 bits per heavy atom. The van der Waals surface area contributed by atoms with E-state index in [1.165, 1.54) is 6.92 Å². The number of rotatable bonds is 0. The van der Waals surface area contributed by atoms with E-state index >= 15 is 0 Å². The van der Waals surface area contributed by atoms with Crippen molar-refractivity contribution >= 4 is 5.91 Å². The number of amides is 1. The molecule has 0 aromatic carbocycles. The molecule has 3 heteroatoms. The summed E-state index contributed by atoms with van der Waals surface area (Å²) in [6.07, 6.45) is 0. The molecule has 33 valence electrons. The van der Waals surface area contributed by atoms with Gasteiger partial charge in [-0.15, -0.1) is 0 Å². The van der Waals surface area contributed by atoms with E-state index < -0.39 is 0 Å². The van der Waals surface area contributed by atoms with E-state index in [1.54, 1.807) is 0 Å². The van der Waals surface area contributed by atoms with E-state index in [1.807, 2.05) is 0 Å². The molecule has 2 N–H and O–H groups in total. The molecule has 0 heterocycles. The molecular weight excluding hydrogens is 118 g/mol. The van der Waals surface area contributed by atoms with E-state index in [0.29, 0.717) is 0 Å². The summed E-state index contributed by atoms with van der Waals surface area (Å²) in [4.78, 5) is 9.22. The van der Waals surface area contributed by atoms with Crippen molar-refractivity contribution in [2.75, 3.05) is 0 Å². The predicted octanol–water partition coefficient (Wildman–Crippen LogP) is -0.511. The molecule has 0 unspecified atom stereocenters. The average Bonchev–Trinajstić information content (AvgIpc) is 0.811. The molecule has 0 saturated carbocycles. The number of nitrogens with two attached hydrogens (primary N) is 1. The zero-order valence-electron chi connectivity index (χ0n) is 2.79. The third-order valence-corrected chi connectivity index (χ3v) is 0. The van der Waals surface area contributed by atoms with Crippen LogP contribution in [0.2, 0.25) is 0 Å². The van der Waals surface area contributed by atoms with Gasteiger partial charge in [-0.2, -0.15) is 0 Å². The SMILES string of the molecule is CC(N)=O.[Cu+2]. The Kier molecular flexibility index (Phi) is 7.09. The Bertz CT molecular complexity index is 32.6. The van der Waals surface area contributed by atoms with Crippen LogP contribution in [-0.4, -0.2) is 5.91 Å². The number of primary amides is 1. The maximum atomic E-state index is 9.22. The van der Waals surface area contributed by atoms with Gasteiger partial charge in [0.2, 0.25) is 5.91 Å². The molecular formula is C2H5CuNO+2. The summed E-state index contributed by atoms with van der Waals surface area (Å²) >= 11 is 0. The Balaban J connectivity index is 0. The second kappa shape index (κ2) is 3.99. The average molecular weight is 123 g/mol. The normalized spacial score (nSPS) is 5.00. The Hall–Kier alpha value is -0.0105. The van der Waals surface area contributed by atoms with Gasteiger partial charge in [0.15, 0.2) is 0 Å². The van der Waals surface area contributed by atoms with Crippen molar-refractivity contribution in [1.29, 1.82) is 0 Å². The van der Waals surface area contributed by atoms with Crippen LogP contribution in [0.3, 0.4) is 0 Å². The summed E-state index contributed by atoms with van der Waals surface area (Å²) in [5, 5.41) is 0. The van der Waals surface area contributed by atoms with E-state index in [9.17, 15) is 4.79 Å². The van der Waals surface area contributed by atoms with Crippen LogP contribution in [0.25, 0.3) is 0 Å². The van der Waals surface area contributed by atoms with E-state index in [0.717, 1.165) is 0 Å². The van der Waals surface area contributed by atoms with Crippen LogP contribution in [0.4, 0.5) is 0 Å². The van der Waals surface area contributed by atoms with Gasteiger partial charge in [0, 0.05) is 6.92 Å². The molecule has 1 radical (unpaired) electrons. The third-order valence-electron chi connectivity index (χ3n) is 0. The first kappa shape index (κ1) is 8.89. The fourth-order valence-electron chi connectivity index (χ4n) is 0. The molecule has 0 bridgehead atoms. The van der Waals surface area contributed by atoms with Gasteiger partial charge in [-0.05, 0) is 0 Å². The minimum atomic E-state index is -0.333. The molecule has 0 atom stereocenters. The summed E-state index contributed by atoms with van der Waals surface area (Å²) < 4.78 is 0. The molecule has 0 aromatic heterocycles. The van der Waals surface area contributed by atoms with Crippen molar-refractivity contribution in [2.24, 2.45) is 5.73 Å². The van der Waals surface area contributed by atoms with Gasteiger partial charge in [0.05, 0.1) is 0 Å². The first-order valence-corrected chi connectivity index (χ1v) is 0.993. The van der Waals surface area contributed by atoms with Crippen molar-refractivity contribution in [2.45, 2.75) is 6.92 Å². The predicted molar refractivity (Wildman–Crippen MR) is 14.9 cm³/mol.